The number of ether oxygens (including phenoxy) is 2. The van der Waals surface area contributed by atoms with Crippen molar-refractivity contribution >= 4 is 33.3 Å². The molecule has 0 saturated carbocycles. The van der Waals surface area contributed by atoms with Gasteiger partial charge in [0.15, 0.2) is 5.43 Å². The van der Waals surface area contributed by atoms with Crippen molar-refractivity contribution in [3.05, 3.63) is 87.2 Å². The minimum absolute atomic E-state index is 0.0126. The van der Waals surface area contributed by atoms with Gasteiger partial charge in [-0.15, -0.1) is 10.2 Å². The normalized spacial score (nSPS) is 14.9. The summed E-state index contributed by atoms with van der Waals surface area (Å²) in [5, 5.41) is 9.70. The fraction of sp³-hybridized carbons (Fsp3) is 0.200. The van der Waals surface area contributed by atoms with Crippen LogP contribution in [0.4, 0.5) is 5.13 Å². The molecule has 2 aromatic carbocycles. The molecule has 0 spiro atoms. The highest BCUT2D eigenvalue weighted by Gasteiger charge is 2.45. The number of rotatable bonds is 7. The zero-order valence-corrected chi connectivity index (χ0v) is 19.4. The van der Waals surface area contributed by atoms with E-state index in [9.17, 15) is 9.59 Å². The van der Waals surface area contributed by atoms with Crippen LogP contribution in [0.2, 0.25) is 0 Å². The molecule has 34 heavy (non-hydrogen) atoms. The minimum atomic E-state index is -0.741. The van der Waals surface area contributed by atoms with Crippen molar-refractivity contribution in [1.29, 1.82) is 0 Å². The smallest absolute Gasteiger partial charge is 0.297 e. The molecule has 1 aliphatic rings. The van der Waals surface area contributed by atoms with E-state index in [0.29, 0.717) is 51.4 Å². The summed E-state index contributed by atoms with van der Waals surface area (Å²) >= 11 is 1.27. The maximum Gasteiger partial charge on any atom is 0.297 e. The third-order valence-corrected chi connectivity index (χ3v) is 6.26. The van der Waals surface area contributed by atoms with E-state index in [4.69, 9.17) is 13.9 Å². The second-order valence-corrected chi connectivity index (χ2v) is 8.78. The quantitative estimate of drug-likeness (QED) is 0.359. The minimum Gasteiger partial charge on any atom is -0.494 e. The fourth-order valence-corrected chi connectivity index (χ4v) is 4.75. The summed E-state index contributed by atoms with van der Waals surface area (Å²) in [7, 11) is 0. The van der Waals surface area contributed by atoms with Crippen LogP contribution in [-0.4, -0.2) is 29.3 Å². The first-order chi connectivity index (χ1) is 16.5. The summed E-state index contributed by atoms with van der Waals surface area (Å²) < 4.78 is 17.3. The van der Waals surface area contributed by atoms with Gasteiger partial charge < -0.3 is 13.9 Å². The monoisotopic (exact) mass is 475 g/mol. The molecule has 1 atom stereocenters. The van der Waals surface area contributed by atoms with Gasteiger partial charge in [-0.3, -0.25) is 14.5 Å². The number of benzene rings is 2. The molecular formula is C25H21N3O5S. The Bertz CT molecular complexity index is 1480. The van der Waals surface area contributed by atoms with Gasteiger partial charge in [0.05, 0.1) is 23.6 Å². The molecular weight excluding hydrogens is 454 g/mol. The first kappa shape index (κ1) is 21.8. The van der Waals surface area contributed by atoms with Crippen molar-refractivity contribution in [2.24, 2.45) is 0 Å². The molecule has 9 heteroatoms. The molecule has 0 fully saturated rings. The SMILES string of the molecule is C=CCOc1cccc(C2c3c(oc4cc(OCC)ccc4c3=O)C(=O)N2c2nnc(C)s2)c1. The van der Waals surface area contributed by atoms with Gasteiger partial charge in [-0.05, 0) is 43.7 Å². The van der Waals surface area contributed by atoms with Gasteiger partial charge in [0.2, 0.25) is 10.9 Å². The van der Waals surface area contributed by atoms with Gasteiger partial charge in [-0.2, -0.15) is 0 Å². The second kappa shape index (κ2) is 8.75. The van der Waals surface area contributed by atoms with E-state index in [2.05, 4.69) is 16.8 Å². The lowest BCUT2D eigenvalue weighted by Gasteiger charge is -2.22. The molecule has 2 aromatic heterocycles. The highest BCUT2D eigenvalue weighted by atomic mass is 32.1. The van der Waals surface area contributed by atoms with Crippen molar-refractivity contribution in [2.75, 3.05) is 18.1 Å². The van der Waals surface area contributed by atoms with Crippen molar-refractivity contribution in [3.63, 3.8) is 0 Å². The number of amides is 1. The molecule has 0 saturated heterocycles. The van der Waals surface area contributed by atoms with Crippen LogP contribution >= 0.6 is 11.3 Å². The average Bonchev–Trinajstić information content (AvgIpc) is 3.39. The van der Waals surface area contributed by atoms with Gasteiger partial charge in [-0.25, -0.2) is 0 Å². The zero-order chi connectivity index (χ0) is 23.8. The number of aromatic nitrogens is 2. The van der Waals surface area contributed by atoms with Crippen LogP contribution in [0.3, 0.4) is 0 Å². The number of anilines is 1. The van der Waals surface area contributed by atoms with Crippen LogP contribution in [-0.2, 0) is 0 Å². The third-order valence-electron chi connectivity index (χ3n) is 5.42. The molecule has 3 heterocycles. The lowest BCUT2D eigenvalue weighted by molar-refractivity contribution is 0.0970. The molecule has 0 N–H and O–H groups in total. The van der Waals surface area contributed by atoms with Gasteiger partial charge in [0, 0.05) is 6.07 Å². The molecule has 5 rings (SSSR count). The van der Waals surface area contributed by atoms with Crippen LogP contribution < -0.4 is 19.8 Å². The zero-order valence-electron chi connectivity index (χ0n) is 18.6. The Hall–Kier alpha value is -3.98. The first-order valence-corrected chi connectivity index (χ1v) is 11.5. The maximum absolute atomic E-state index is 13.7. The molecule has 1 amide bonds. The van der Waals surface area contributed by atoms with E-state index in [1.54, 1.807) is 37.3 Å². The summed E-state index contributed by atoms with van der Waals surface area (Å²) in [6.45, 7) is 8.15. The molecule has 8 nitrogen and oxygen atoms in total. The molecule has 0 radical (unpaired) electrons. The largest absolute Gasteiger partial charge is 0.494 e. The van der Waals surface area contributed by atoms with Crippen LogP contribution in [0.1, 0.15) is 39.7 Å². The van der Waals surface area contributed by atoms with E-state index < -0.39 is 11.9 Å². The van der Waals surface area contributed by atoms with Crippen molar-refractivity contribution < 1.29 is 18.7 Å². The highest BCUT2D eigenvalue weighted by Crippen LogP contribution is 2.42. The summed E-state index contributed by atoms with van der Waals surface area (Å²) in [5.74, 6) is 0.692. The molecule has 0 aliphatic carbocycles. The number of carbonyl (C=O) groups excluding carboxylic acids is 1. The Kier molecular flexibility index (Phi) is 5.62. The van der Waals surface area contributed by atoms with Crippen LogP contribution in [0.25, 0.3) is 11.0 Å². The molecule has 0 bridgehead atoms. The number of nitrogens with zero attached hydrogens (tertiary/aromatic N) is 3. The second-order valence-electron chi connectivity index (χ2n) is 7.62. The van der Waals surface area contributed by atoms with E-state index in [0.717, 1.165) is 0 Å². The Balaban J connectivity index is 1.73. The lowest BCUT2D eigenvalue weighted by Crippen LogP contribution is -2.29. The first-order valence-electron chi connectivity index (χ1n) is 10.7. The standard InChI is InChI=1S/C25H21N3O5S/c1-4-11-32-16-8-6-7-15(12-16)21-20-22(29)18-10-9-17(31-5-2)13-19(18)33-23(20)24(30)28(21)25-27-26-14(3)34-25/h4,6-10,12-13,21H,1,5,11H2,2-3H3. The maximum atomic E-state index is 13.7. The summed E-state index contributed by atoms with van der Waals surface area (Å²) in [6, 6.07) is 11.5. The average molecular weight is 476 g/mol. The Labute approximate surface area is 199 Å². The topological polar surface area (TPSA) is 94.8 Å². The Morgan fingerprint density at radius 3 is 2.71 bits per heavy atom. The van der Waals surface area contributed by atoms with Gasteiger partial charge >= 0.3 is 0 Å². The van der Waals surface area contributed by atoms with Gasteiger partial charge in [-0.1, -0.05) is 36.1 Å². The third kappa shape index (κ3) is 3.63. The highest BCUT2D eigenvalue weighted by molar-refractivity contribution is 7.15. The van der Waals surface area contributed by atoms with Crippen LogP contribution in [0.5, 0.6) is 11.5 Å². The number of hydrogen-bond donors (Lipinski definition) is 0. The predicted molar refractivity (Wildman–Crippen MR) is 129 cm³/mol. The number of carbonyl (C=O) groups is 1. The lowest BCUT2D eigenvalue weighted by atomic mass is 9.98. The van der Waals surface area contributed by atoms with E-state index in [1.165, 1.54) is 16.2 Å². The van der Waals surface area contributed by atoms with Gasteiger partial charge in [0.1, 0.15) is 28.7 Å². The van der Waals surface area contributed by atoms with Crippen molar-refractivity contribution in [1.82, 2.24) is 10.2 Å². The van der Waals surface area contributed by atoms with Crippen molar-refractivity contribution in [3.8, 4) is 11.5 Å². The van der Waals surface area contributed by atoms with Crippen LogP contribution in [0.15, 0.2) is 64.3 Å². The summed E-state index contributed by atoms with van der Waals surface area (Å²) in [6.07, 6.45) is 1.65. The molecule has 1 aliphatic heterocycles. The van der Waals surface area contributed by atoms with Crippen LogP contribution in [0, 0.1) is 6.92 Å². The molecule has 1 unspecified atom stereocenters. The molecule has 172 valence electrons. The van der Waals surface area contributed by atoms with E-state index in [1.807, 2.05) is 25.1 Å². The predicted octanol–water partition coefficient (Wildman–Crippen LogP) is 4.67. The number of aryl methyl sites for hydroxylation is 1. The van der Waals surface area contributed by atoms with E-state index in [-0.39, 0.29) is 16.8 Å². The summed E-state index contributed by atoms with van der Waals surface area (Å²) in [4.78, 5) is 28.8. The van der Waals surface area contributed by atoms with Crippen molar-refractivity contribution in [2.45, 2.75) is 19.9 Å². The fourth-order valence-electron chi connectivity index (χ4n) is 4.03. The Morgan fingerprint density at radius 1 is 1.15 bits per heavy atom. The Morgan fingerprint density at radius 2 is 1.97 bits per heavy atom. The number of hydrogen-bond acceptors (Lipinski definition) is 8. The number of fused-ring (bicyclic) bond motifs is 2. The van der Waals surface area contributed by atoms with Gasteiger partial charge in [0.25, 0.3) is 5.91 Å². The molecule has 4 aromatic rings. The van der Waals surface area contributed by atoms with E-state index >= 15 is 0 Å². The summed E-state index contributed by atoms with van der Waals surface area (Å²) in [5.41, 5.74) is 0.966.